The van der Waals surface area contributed by atoms with Gasteiger partial charge >= 0.3 is 0 Å². The predicted octanol–water partition coefficient (Wildman–Crippen LogP) is 7.12. The molecule has 2 heterocycles. The summed E-state index contributed by atoms with van der Waals surface area (Å²) in [6.07, 6.45) is 2.71. The summed E-state index contributed by atoms with van der Waals surface area (Å²) in [5.41, 5.74) is 0.585. The second kappa shape index (κ2) is 16.7. The van der Waals surface area contributed by atoms with Gasteiger partial charge in [0.1, 0.15) is 23.5 Å². The summed E-state index contributed by atoms with van der Waals surface area (Å²) < 4.78 is 54.3. The van der Waals surface area contributed by atoms with Crippen LogP contribution < -0.4 is 15.1 Å². The second-order valence-electron chi connectivity index (χ2n) is 10.4. The highest BCUT2D eigenvalue weighted by Gasteiger charge is 2.37. The molecule has 3 amide bonds. The lowest BCUT2D eigenvalue weighted by Gasteiger charge is -2.33. The Morgan fingerprint density at radius 2 is 1.78 bits per heavy atom. The van der Waals surface area contributed by atoms with Gasteiger partial charge in [-0.2, -0.15) is 5.26 Å². The third kappa shape index (κ3) is 9.50. The minimum Gasteiger partial charge on any atom is -0.351 e. The zero-order valence-electron chi connectivity index (χ0n) is 25.4. The number of benzene rings is 2. The van der Waals surface area contributed by atoms with E-state index in [-0.39, 0.29) is 54.3 Å². The average Bonchev–Trinajstić information content (AvgIpc) is 3.48. The molecule has 46 heavy (non-hydrogen) atoms. The molecule has 1 unspecified atom stereocenters. The Labute approximate surface area is 270 Å². The van der Waals surface area contributed by atoms with Crippen LogP contribution in [-0.2, 0) is 14.4 Å². The number of rotatable bonds is 7. The molecule has 2 aliphatic rings. The van der Waals surface area contributed by atoms with Gasteiger partial charge in [0.25, 0.3) is 0 Å². The first-order chi connectivity index (χ1) is 22.0. The number of hydrogen-bond acceptors (Lipinski definition) is 5. The molecule has 2 fully saturated rings. The van der Waals surface area contributed by atoms with Gasteiger partial charge in [0.05, 0.1) is 17.3 Å². The molecule has 2 aromatic carbocycles. The summed E-state index contributed by atoms with van der Waals surface area (Å²) in [6, 6.07) is 12.1. The van der Waals surface area contributed by atoms with Gasteiger partial charge in [0.2, 0.25) is 24.1 Å². The highest BCUT2D eigenvalue weighted by Crippen LogP contribution is 2.35. The molecule has 1 aromatic heterocycles. The molecule has 1 saturated heterocycles. The summed E-state index contributed by atoms with van der Waals surface area (Å²) in [7, 11) is 0. The number of amides is 3. The van der Waals surface area contributed by atoms with E-state index < -0.39 is 35.5 Å². The molecule has 1 aliphatic carbocycles. The number of carbonyl (C=O) groups is 3. The maximum atomic E-state index is 13.7. The van der Waals surface area contributed by atoms with Gasteiger partial charge in [-0.05, 0) is 49.6 Å². The Hall–Kier alpha value is -4.50. The minimum atomic E-state index is -2.77. The van der Waals surface area contributed by atoms with Crippen LogP contribution >= 0.6 is 11.6 Å². The topological polar surface area (TPSA) is 106 Å². The number of aromatic nitrogens is 1. The summed E-state index contributed by atoms with van der Waals surface area (Å²) in [5.74, 6) is -4.62. The van der Waals surface area contributed by atoms with Crippen molar-refractivity contribution in [2.24, 2.45) is 0 Å². The van der Waals surface area contributed by atoms with Gasteiger partial charge in [-0.3, -0.25) is 24.2 Å². The van der Waals surface area contributed by atoms with Gasteiger partial charge in [-0.1, -0.05) is 43.6 Å². The Morgan fingerprint density at radius 3 is 2.35 bits per heavy atom. The summed E-state index contributed by atoms with van der Waals surface area (Å²) in [5, 5.41) is 11.5. The zero-order chi connectivity index (χ0) is 33.9. The lowest BCUT2D eigenvalue weighted by Crippen LogP contribution is -2.46. The lowest BCUT2D eigenvalue weighted by atomic mass is 9.91. The molecule has 1 aliphatic heterocycles. The highest BCUT2D eigenvalue weighted by molar-refractivity contribution is 6.31. The molecule has 244 valence electrons. The normalized spacial score (nSPS) is 16.1. The van der Waals surface area contributed by atoms with Gasteiger partial charge in [-0.25, -0.2) is 22.5 Å². The fourth-order valence-electron chi connectivity index (χ4n) is 5.06. The molecule has 0 bridgehead atoms. The van der Waals surface area contributed by atoms with Crippen molar-refractivity contribution in [3.63, 3.8) is 0 Å². The van der Waals surface area contributed by atoms with E-state index in [0.29, 0.717) is 30.4 Å². The van der Waals surface area contributed by atoms with E-state index in [9.17, 15) is 31.9 Å². The second-order valence-corrected chi connectivity index (χ2v) is 10.8. The van der Waals surface area contributed by atoms with Crippen LogP contribution in [-0.4, -0.2) is 41.7 Å². The Balaban J connectivity index is 0.000000299. The van der Waals surface area contributed by atoms with Crippen molar-refractivity contribution in [2.75, 3.05) is 16.3 Å². The Bertz CT molecular complexity index is 1540. The summed E-state index contributed by atoms with van der Waals surface area (Å²) in [6.45, 7) is 4.71. The van der Waals surface area contributed by atoms with Crippen LogP contribution in [0.1, 0.15) is 69.5 Å². The minimum absolute atomic E-state index is 0.0731. The molecular weight excluding hydrogens is 626 g/mol. The number of nitrogens with zero attached hydrogens (tertiary/aromatic N) is 4. The standard InChI is InChI=1S/C21H19ClF4N2O2.C10H9N3O.C2H6/c22-18-4-2-1-3-17(18)19(20(30)27-15-5-7-21(25,26)8-6-15)28(12-29)16-10-13(23)9-14(24)11-16;11-7-8-3-4-12-9(6-8)13-5-1-2-10(13)14;1-2/h1-4,9-12,15,19H,5-8H2,(H,27,30);3-4,6H,1-2,5H2;1-2H3. The van der Waals surface area contributed by atoms with Crippen LogP contribution in [0.25, 0.3) is 0 Å². The van der Waals surface area contributed by atoms with Gasteiger partial charge in [-0.15, -0.1) is 0 Å². The number of carbonyl (C=O) groups excluding carboxylic acids is 3. The molecule has 5 rings (SSSR count). The van der Waals surface area contributed by atoms with Crippen molar-refractivity contribution in [2.45, 2.75) is 70.4 Å². The van der Waals surface area contributed by atoms with Crippen molar-refractivity contribution >= 4 is 41.3 Å². The van der Waals surface area contributed by atoms with Crippen LogP contribution in [0, 0.1) is 23.0 Å². The predicted molar refractivity (Wildman–Crippen MR) is 166 cm³/mol. The van der Waals surface area contributed by atoms with E-state index in [2.05, 4.69) is 10.3 Å². The maximum absolute atomic E-state index is 13.7. The van der Waals surface area contributed by atoms with E-state index in [4.69, 9.17) is 16.9 Å². The van der Waals surface area contributed by atoms with Crippen LogP contribution in [0.15, 0.2) is 60.8 Å². The molecule has 1 atom stereocenters. The third-order valence-electron chi connectivity index (χ3n) is 7.27. The van der Waals surface area contributed by atoms with Crippen LogP contribution in [0.5, 0.6) is 0 Å². The van der Waals surface area contributed by atoms with Crippen molar-refractivity contribution in [1.82, 2.24) is 10.3 Å². The SMILES string of the molecule is CC.N#Cc1ccnc(N2CCCC2=O)c1.O=CN(c1cc(F)cc(F)c1)C(C(=O)NC1CCC(F)(F)CC1)c1ccccc1Cl. The monoisotopic (exact) mass is 659 g/mol. The van der Waals surface area contributed by atoms with E-state index in [0.717, 1.165) is 23.5 Å². The Morgan fingerprint density at radius 1 is 1.13 bits per heavy atom. The van der Waals surface area contributed by atoms with Crippen LogP contribution in [0.3, 0.4) is 0 Å². The van der Waals surface area contributed by atoms with Gasteiger partial charge in [0.15, 0.2) is 0 Å². The number of alkyl halides is 2. The van der Waals surface area contributed by atoms with Gasteiger partial charge < -0.3 is 5.32 Å². The zero-order valence-corrected chi connectivity index (χ0v) is 26.1. The Kier molecular flexibility index (Phi) is 13.1. The fraction of sp³-hybridized carbons (Fsp3) is 0.364. The van der Waals surface area contributed by atoms with E-state index in [1.54, 1.807) is 35.4 Å². The molecular formula is C33H34ClF4N5O3. The molecule has 13 heteroatoms. The number of hydrogen-bond donors (Lipinski definition) is 1. The van der Waals surface area contributed by atoms with E-state index in [1.807, 2.05) is 19.9 Å². The first-order valence-electron chi connectivity index (χ1n) is 14.8. The average molecular weight is 660 g/mol. The summed E-state index contributed by atoms with van der Waals surface area (Å²) in [4.78, 5) is 43.0. The molecule has 1 saturated carbocycles. The smallest absolute Gasteiger partial charge is 0.248 e. The van der Waals surface area contributed by atoms with Crippen molar-refractivity contribution in [3.8, 4) is 6.07 Å². The molecule has 0 spiro atoms. The molecule has 0 radical (unpaired) electrons. The number of anilines is 2. The number of nitrogens with one attached hydrogen (secondary N) is 1. The van der Waals surface area contributed by atoms with Crippen molar-refractivity contribution < 1.29 is 31.9 Å². The number of nitriles is 1. The number of halogens is 5. The molecule has 3 aromatic rings. The third-order valence-corrected chi connectivity index (χ3v) is 7.62. The first-order valence-corrected chi connectivity index (χ1v) is 15.2. The summed E-state index contributed by atoms with van der Waals surface area (Å²) >= 11 is 6.22. The first kappa shape index (κ1) is 36.0. The van der Waals surface area contributed by atoms with E-state index >= 15 is 0 Å². The van der Waals surface area contributed by atoms with Crippen LogP contribution in [0.2, 0.25) is 5.02 Å². The van der Waals surface area contributed by atoms with E-state index in [1.165, 1.54) is 12.1 Å². The van der Waals surface area contributed by atoms with Crippen LogP contribution in [0.4, 0.5) is 29.1 Å². The quantitative estimate of drug-likeness (QED) is 0.215. The molecule has 1 N–H and O–H groups in total. The van der Waals surface area contributed by atoms with Crippen molar-refractivity contribution in [3.05, 3.63) is 88.6 Å². The van der Waals surface area contributed by atoms with Crippen molar-refractivity contribution in [1.29, 1.82) is 5.26 Å². The van der Waals surface area contributed by atoms with Gasteiger partial charge in [0, 0.05) is 54.7 Å². The lowest BCUT2D eigenvalue weighted by molar-refractivity contribution is -0.125. The maximum Gasteiger partial charge on any atom is 0.248 e. The molecule has 8 nitrogen and oxygen atoms in total. The number of pyridine rings is 1. The highest BCUT2D eigenvalue weighted by atomic mass is 35.5. The largest absolute Gasteiger partial charge is 0.351 e. The fourth-order valence-corrected chi connectivity index (χ4v) is 5.30.